The van der Waals surface area contributed by atoms with Crippen molar-refractivity contribution >= 4 is 5.78 Å². The van der Waals surface area contributed by atoms with E-state index in [2.05, 4.69) is 0 Å². The van der Waals surface area contributed by atoms with E-state index in [1.807, 2.05) is 58.9 Å². The molecule has 0 aromatic heterocycles. The molecule has 1 nitrogen and oxygen atoms in total. The lowest BCUT2D eigenvalue weighted by Gasteiger charge is -1.96. The molecule has 84 valence electrons. The van der Waals surface area contributed by atoms with E-state index in [1.54, 1.807) is 0 Å². The van der Waals surface area contributed by atoms with Crippen molar-refractivity contribution in [1.29, 1.82) is 0 Å². The first kappa shape index (κ1) is 13.9. The molecule has 0 radical (unpaired) electrons. The number of carbonyl (C=O) groups excluding carboxylic acids is 1. The third-order valence-corrected chi connectivity index (χ3v) is 2.29. The van der Waals surface area contributed by atoms with Crippen LogP contribution in [0.25, 0.3) is 0 Å². The summed E-state index contributed by atoms with van der Waals surface area (Å²) in [6, 6.07) is 0. The highest BCUT2D eigenvalue weighted by Crippen LogP contribution is 2.29. The molecular formula is C14H22O. The van der Waals surface area contributed by atoms with Crippen molar-refractivity contribution in [3.05, 3.63) is 35.5 Å². The zero-order valence-electron chi connectivity index (χ0n) is 10.5. The van der Waals surface area contributed by atoms with Gasteiger partial charge in [-0.05, 0) is 25.8 Å². The Hall–Kier alpha value is -1.11. The minimum Gasteiger partial charge on any atom is -0.294 e. The summed E-state index contributed by atoms with van der Waals surface area (Å²) in [5.41, 5.74) is 2.08. The standard InChI is InChI=1S/C12H16O.C2H6/c1-4-6-10-8-9(3)12(13)11(10)7-5-2;1-2/h4-7,9H,8H2,1-3H3;1-2H3/b6-4-,7-5-;. The minimum absolute atomic E-state index is 0.164. The van der Waals surface area contributed by atoms with Gasteiger partial charge >= 0.3 is 0 Å². The van der Waals surface area contributed by atoms with Gasteiger partial charge in [0.25, 0.3) is 0 Å². The van der Waals surface area contributed by atoms with Gasteiger partial charge in [-0.15, -0.1) is 0 Å². The van der Waals surface area contributed by atoms with Gasteiger partial charge in [-0.1, -0.05) is 45.1 Å². The van der Waals surface area contributed by atoms with Crippen LogP contribution in [0.1, 0.15) is 41.0 Å². The Morgan fingerprint density at radius 3 is 2.13 bits per heavy atom. The monoisotopic (exact) mass is 206 g/mol. The zero-order chi connectivity index (χ0) is 11.8. The van der Waals surface area contributed by atoms with Crippen LogP contribution in [0, 0.1) is 5.92 Å². The van der Waals surface area contributed by atoms with Gasteiger partial charge in [-0.2, -0.15) is 0 Å². The third kappa shape index (κ3) is 3.50. The van der Waals surface area contributed by atoms with E-state index >= 15 is 0 Å². The van der Waals surface area contributed by atoms with Crippen LogP contribution in [0.4, 0.5) is 0 Å². The lowest BCUT2D eigenvalue weighted by Crippen LogP contribution is -2.04. The molecular weight excluding hydrogens is 184 g/mol. The number of Topliss-reactive ketones (excluding diaryl/α,β-unsaturated/α-hetero) is 1. The maximum Gasteiger partial charge on any atom is 0.166 e. The largest absolute Gasteiger partial charge is 0.294 e. The zero-order valence-corrected chi connectivity index (χ0v) is 10.5. The van der Waals surface area contributed by atoms with Crippen LogP contribution in [0.15, 0.2) is 35.5 Å². The Morgan fingerprint density at radius 2 is 1.67 bits per heavy atom. The molecule has 15 heavy (non-hydrogen) atoms. The molecule has 0 saturated heterocycles. The summed E-state index contributed by atoms with van der Waals surface area (Å²) in [5, 5.41) is 0. The first-order valence-electron chi connectivity index (χ1n) is 5.73. The van der Waals surface area contributed by atoms with Crippen LogP contribution in [0.5, 0.6) is 0 Å². The highest BCUT2D eigenvalue weighted by molar-refractivity contribution is 6.03. The molecule has 1 rings (SSSR count). The number of ketones is 1. The van der Waals surface area contributed by atoms with Crippen molar-refractivity contribution in [2.24, 2.45) is 5.92 Å². The van der Waals surface area contributed by atoms with Crippen molar-refractivity contribution in [2.75, 3.05) is 0 Å². The van der Waals surface area contributed by atoms with E-state index in [0.717, 1.165) is 12.0 Å². The molecule has 0 aromatic rings. The van der Waals surface area contributed by atoms with E-state index in [0.29, 0.717) is 0 Å². The summed E-state index contributed by atoms with van der Waals surface area (Å²) >= 11 is 0. The second-order valence-corrected chi connectivity index (χ2v) is 3.41. The van der Waals surface area contributed by atoms with Crippen LogP contribution in [0.2, 0.25) is 0 Å². The molecule has 1 aliphatic rings. The van der Waals surface area contributed by atoms with Crippen molar-refractivity contribution in [1.82, 2.24) is 0 Å². The number of allylic oxidation sites excluding steroid dienone is 6. The predicted octanol–water partition coefficient (Wildman–Crippen LogP) is 4.07. The van der Waals surface area contributed by atoms with E-state index in [1.165, 1.54) is 5.57 Å². The van der Waals surface area contributed by atoms with Crippen molar-refractivity contribution in [2.45, 2.75) is 41.0 Å². The fraction of sp³-hybridized carbons (Fsp3) is 0.500. The molecule has 0 aliphatic heterocycles. The molecule has 0 heterocycles. The minimum atomic E-state index is 0.164. The van der Waals surface area contributed by atoms with Crippen LogP contribution >= 0.6 is 0 Å². The van der Waals surface area contributed by atoms with Crippen molar-refractivity contribution < 1.29 is 4.79 Å². The van der Waals surface area contributed by atoms with Gasteiger partial charge in [0.15, 0.2) is 5.78 Å². The Morgan fingerprint density at radius 1 is 1.13 bits per heavy atom. The number of rotatable bonds is 2. The summed E-state index contributed by atoms with van der Waals surface area (Å²) in [6.07, 6.45) is 8.76. The van der Waals surface area contributed by atoms with E-state index in [9.17, 15) is 4.79 Å². The molecule has 1 aliphatic carbocycles. The fourth-order valence-corrected chi connectivity index (χ4v) is 1.67. The van der Waals surface area contributed by atoms with E-state index in [-0.39, 0.29) is 11.7 Å². The van der Waals surface area contributed by atoms with Gasteiger partial charge in [0.05, 0.1) is 0 Å². The summed E-state index contributed by atoms with van der Waals surface area (Å²) < 4.78 is 0. The lowest BCUT2D eigenvalue weighted by molar-refractivity contribution is -0.117. The highest BCUT2D eigenvalue weighted by atomic mass is 16.1. The molecule has 0 fully saturated rings. The second-order valence-electron chi connectivity index (χ2n) is 3.41. The topological polar surface area (TPSA) is 17.1 Å². The average Bonchev–Trinajstić information content (AvgIpc) is 2.50. The number of carbonyl (C=O) groups is 1. The van der Waals surface area contributed by atoms with Crippen molar-refractivity contribution in [3.8, 4) is 0 Å². The quantitative estimate of drug-likeness (QED) is 0.665. The molecule has 0 bridgehead atoms. The average molecular weight is 206 g/mol. The molecule has 0 spiro atoms. The Bertz CT molecular complexity index is 292. The predicted molar refractivity (Wildman–Crippen MR) is 66.8 cm³/mol. The molecule has 1 heteroatoms. The molecule has 0 saturated carbocycles. The van der Waals surface area contributed by atoms with Crippen LogP contribution in [-0.2, 0) is 4.79 Å². The van der Waals surface area contributed by atoms with Crippen molar-refractivity contribution in [3.63, 3.8) is 0 Å². The van der Waals surface area contributed by atoms with Gasteiger partial charge in [-0.3, -0.25) is 4.79 Å². The smallest absolute Gasteiger partial charge is 0.166 e. The van der Waals surface area contributed by atoms with Gasteiger partial charge in [0, 0.05) is 11.5 Å². The lowest BCUT2D eigenvalue weighted by atomic mass is 10.1. The Kier molecular flexibility index (Phi) is 6.68. The molecule has 1 atom stereocenters. The van der Waals surface area contributed by atoms with Gasteiger partial charge < -0.3 is 0 Å². The highest BCUT2D eigenvalue weighted by Gasteiger charge is 2.26. The SMILES string of the molecule is C/C=C\C1=C(/C=C\C)C(=O)C(C)C1.CC. The summed E-state index contributed by atoms with van der Waals surface area (Å²) in [4.78, 5) is 11.6. The van der Waals surface area contributed by atoms with E-state index < -0.39 is 0 Å². The van der Waals surface area contributed by atoms with E-state index in [4.69, 9.17) is 0 Å². The Balaban J connectivity index is 0.000000921. The first-order chi connectivity index (χ1) is 7.20. The van der Waals surface area contributed by atoms with Crippen LogP contribution in [0.3, 0.4) is 0 Å². The Labute approximate surface area is 93.6 Å². The van der Waals surface area contributed by atoms with Gasteiger partial charge in [-0.25, -0.2) is 0 Å². The number of hydrogen-bond donors (Lipinski definition) is 0. The second kappa shape index (κ2) is 7.22. The third-order valence-electron chi connectivity index (χ3n) is 2.29. The molecule has 1 unspecified atom stereocenters. The van der Waals surface area contributed by atoms with Crippen LogP contribution < -0.4 is 0 Å². The summed E-state index contributed by atoms with van der Waals surface area (Å²) in [6.45, 7) is 9.91. The fourth-order valence-electron chi connectivity index (χ4n) is 1.67. The maximum absolute atomic E-state index is 11.6. The summed E-state index contributed by atoms with van der Waals surface area (Å²) in [7, 11) is 0. The maximum atomic E-state index is 11.6. The van der Waals surface area contributed by atoms with Gasteiger partial charge in [0.1, 0.15) is 0 Å². The summed E-state index contributed by atoms with van der Waals surface area (Å²) in [5.74, 6) is 0.448. The molecule has 0 aromatic carbocycles. The van der Waals surface area contributed by atoms with Gasteiger partial charge in [0.2, 0.25) is 0 Å². The number of hydrogen-bond acceptors (Lipinski definition) is 1. The molecule has 0 amide bonds. The van der Waals surface area contributed by atoms with Crippen LogP contribution in [-0.4, -0.2) is 5.78 Å². The first-order valence-corrected chi connectivity index (χ1v) is 5.73. The molecule has 0 N–H and O–H groups in total. The normalized spacial score (nSPS) is 21.4.